The van der Waals surface area contributed by atoms with E-state index in [2.05, 4.69) is 5.32 Å². The number of amides is 1. The molecule has 0 bridgehead atoms. The molecule has 1 aliphatic rings. The number of carbonyl (C=O) groups excluding carboxylic acids is 1. The first-order chi connectivity index (χ1) is 9.29. The number of benzene rings is 1. The Labute approximate surface area is 115 Å². The van der Waals surface area contributed by atoms with E-state index in [1.807, 2.05) is 18.7 Å². The Hall–Kier alpha value is -1.72. The van der Waals surface area contributed by atoms with Crippen LogP contribution in [0.4, 0.5) is 24.5 Å². The van der Waals surface area contributed by atoms with Crippen LogP contribution in [0.1, 0.15) is 32.3 Å². The molecule has 0 aromatic heterocycles. The van der Waals surface area contributed by atoms with Crippen LogP contribution in [-0.4, -0.2) is 18.5 Å². The first-order valence-corrected chi connectivity index (χ1v) is 6.57. The van der Waals surface area contributed by atoms with Crippen LogP contribution >= 0.6 is 0 Å². The van der Waals surface area contributed by atoms with Crippen molar-refractivity contribution in [1.29, 1.82) is 0 Å². The number of fused-ring (bicyclic) bond motifs is 1. The first-order valence-electron chi connectivity index (χ1n) is 6.57. The first kappa shape index (κ1) is 14.7. The average molecular weight is 286 g/mol. The van der Waals surface area contributed by atoms with Crippen molar-refractivity contribution >= 4 is 17.3 Å². The topological polar surface area (TPSA) is 32.3 Å². The van der Waals surface area contributed by atoms with Crippen molar-refractivity contribution in [2.75, 3.05) is 16.8 Å². The SMILES string of the molecule is CC(C)N1CCCC(=O)Nc2cc(C(F)(F)F)ccc21. The van der Waals surface area contributed by atoms with E-state index in [9.17, 15) is 18.0 Å². The Morgan fingerprint density at radius 1 is 1.30 bits per heavy atom. The average Bonchev–Trinajstić information content (AvgIpc) is 2.31. The molecule has 3 nitrogen and oxygen atoms in total. The van der Waals surface area contributed by atoms with Crippen LogP contribution < -0.4 is 10.2 Å². The Kier molecular flexibility index (Phi) is 3.92. The zero-order valence-corrected chi connectivity index (χ0v) is 11.4. The maximum absolute atomic E-state index is 12.8. The van der Waals surface area contributed by atoms with E-state index in [0.29, 0.717) is 25.1 Å². The highest BCUT2D eigenvalue weighted by Crippen LogP contribution is 2.36. The molecule has 1 heterocycles. The Balaban J connectivity index is 2.48. The summed E-state index contributed by atoms with van der Waals surface area (Å²) in [6, 6.07) is 3.65. The number of halogens is 3. The van der Waals surface area contributed by atoms with Gasteiger partial charge in [0.05, 0.1) is 16.9 Å². The largest absolute Gasteiger partial charge is 0.416 e. The van der Waals surface area contributed by atoms with Crippen LogP contribution in [-0.2, 0) is 11.0 Å². The lowest BCUT2D eigenvalue weighted by Crippen LogP contribution is -2.35. The molecular formula is C14H17F3N2O. The van der Waals surface area contributed by atoms with Crippen molar-refractivity contribution in [2.45, 2.75) is 38.9 Å². The highest BCUT2D eigenvalue weighted by Gasteiger charge is 2.32. The monoisotopic (exact) mass is 286 g/mol. The Morgan fingerprint density at radius 2 is 2.00 bits per heavy atom. The van der Waals surface area contributed by atoms with E-state index in [-0.39, 0.29) is 17.6 Å². The predicted molar refractivity (Wildman–Crippen MR) is 71.8 cm³/mol. The quantitative estimate of drug-likeness (QED) is 0.854. The van der Waals surface area contributed by atoms with Crippen LogP contribution in [0.15, 0.2) is 18.2 Å². The van der Waals surface area contributed by atoms with Crippen LogP contribution in [0.3, 0.4) is 0 Å². The summed E-state index contributed by atoms with van der Waals surface area (Å²) in [6.45, 7) is 4.61. The summed E-state index contributed by atoms with van der Waals surface area (Å²) in [4.78, 5) is 13.6. The van der Waals surface area contributed by atoms with E-state index in [1.54, 1.807) is 0 Å². The zero-order chi connectivity index (χ0) is 14.9. The number of carbonyl (C=O) groups is 1. The molecule has 0 radical (unpaired) electrons. The molecule has 0 spiro atoms. The predicted octanol–water partition coefficient (Wildman–Crippen LogP) is 3.65. The molecule has 1 aromatic carbocycles. The minimum Gasteiger partial charge on any atom is -0.367 e. The summed E-state index contributed by atoms with van der Waals surface area (Å²) in [7, 11) is 0. The highest BCUT2D eigenvalue weighted by molar-refractivity contribution is 5.95. The van der Waals surface area contributed by atoms with Gasteiger partial charge in [0.25, 0.3) is 0 Å². The number of nitrogens with zero attached hydrogens (tertiary/aromatic N) is 1. The number of hydrogen-bond donors (Lipinski definition) is 1. The lowest BCUT2D eigenvalue weighted by molar-refractivity contribution is -0.137. The molecule has 0 atom stereocenters. The maximum atomic E-state index is 12.8. The van der Waals surface area contributed by atoms with Crippen molar-refractivity contribution in [3.8, 4) is 0 Å². The number of alkyl halides is 3. The fraction of sp³-hybridized carbons (Fsp3) is 0.500. The van der Waals surface area contributed by atoms with Gasteiger partial charge in [0.2, 0.25) is 5.91 Å². The molecule has 110 valence electrons. The summed E-state index contributed by atoms with van der Waals surface area (Å²) in [6.07, 6.45) is -3.41. The fourth-order valence-corrected chi connectivity index (χ4v) is 2.34. The Bertz CT molecular complexity index is 512. The van der Waals surface area contributed by atoms with Gasteiger partial charge in [0.15, 0.2) is 0 Å². The second-order valence-electron chi connectivity index (χ2n) is 5.17. The van der Waals surface area contributed by atoms with E-state index in [1.165, 1.54) is 6.07 Å². The number of nitrogens with one attached hydrogen (secondary N) is 1. The standard InChI is InChI=1S/C14H17F3N2O/c1-9(2)19-7-3-4-13(20)18-11-8-10(14(15,16)17)5-6-12(11)19/h5-6,8-9H,3-4,7H2,1-2H3,(H,18,20). The molecule has 20 heavy (non-hydrogen) atoms. The lowest BCUT2D eigenvalue weighted by atomic mass is 10.1. The van der Waals surface area contributed by atoms with E-state index >= 15 is 0 Å². The summed E-state index contributed by atoms with van der Waals surface area (Å²) < 4.78 is 38.3. The third-order valence-corrected chi connectivity index (χ3v) is 3.33. The fourth-order valence-electron chi connectivity index (χ4n) is 2.34. The summed E-state index contributed by atoms with van der Waals surface area (Å²) in [5, 5.41) is 2.58. The highest BCUT2D eigenvalue weighted by atomic mass is 19.4. The van der Waals surface area contributed by atoms with Gasteiger partial charge in [0, 0.05) is 19.0 Å². The van der Waals surface area contributed by atoms with Crippen molar-refractivity contribution in [1.82, 2.24) is 0 Å². The van der Waals surface area contributed by atoms with Gasteiger partial charge >= 0.3 is 6.18 Å². The Morgan fingerprint density at radius 3 is 2.60 bits per heavy atom. The minimum absolute atomic E-state index is 0.153. The second-order valence-corrected chi connectivity index (χ2v) is 5.17. The molecule has 0 saturated carbocycles. The van der Waals surface area contributed by atoms with Gasteiger partial charge in [-0.25, -0.2) is 0 Å². The normalized spacial score (nSPS) is 16.5. The summed E-state index contributed by atoms with van der Waals surface area (Å²) in [5.41, 5.74) is 0.125. The molecule has 0 unspecified atom stereocenters. The molecule has 1 amide bonds. The van der Waals surface area contributed by atoms with Crippen LogP contribution in [0, 0.1) is 0 Å². The molecule has 0 fully saturated rings. The van der Waals surface area contributed by atoms with Gasteiger partial charge in [-0.2, -0.15) is 13.2 Å². The zero-order valence-electron chi connectivity index (χ0n) is 11.4. The third-order valence-electron chi connectivity index (χ3n) is 3.33. The molecule has 6 heteroatoms. The van der Waals surface area contributed by atoms with Gasteiger partial charge < -0.3 is 10.2 Å². The minimum atomic E-state index is -4.41. The number of anilines is 2. The third kappa shape index (κ3) is 3.05. The van der Waals surface area contributed by atoms with Crippen molar-refractivity contribution < 1.29 is 18.0 Å². The second kappa shape index (κ2) is 5.34. The van der Waals surface area contributed by atoms with Crippen molar-refractivity contribution in [3.63, 3.8) is 0 Å². The van der Waals surface area contributed by atoms with Crippen LogP contribution in [0.5, 0.6) is 0 Å². The van der Waals surface area contributed by atoms with E-state index in [0.717, 1.165) is 12.1 Å². The van der Waals surface area contributed by atoms with Gasteiger partial charge in [-0.3, -0.25) is 4.79 Å². The summed E-state index contributed by atoms with van der Waals surface area (Å²) >= 11 is 0. The molecular weight excluding hydrogens is 269 g/mol. The lowest BCUT2D eigenvalue weighted by Gasteiger charge is -2.32. The van der Waals surface area contributed by atoms with Gasteiger partial charge in [-0.15, -0.1) is 0 Å². The molecule has 2 rings (SSSR count). The van der Waals surface area contributed by atoms with E-state index in [4.69, 9.17) is 0 Å². The molecule has 1 N–H and O–H groups in total. The number of hydrogen-bond acceptors (Lipinski definition) is 2. The molecule has 1 aliphatic heterocycles. The smallest absolute Gasteiger partial charge is 0.367 e. The van der Waals surface area contributed by atoms with Crippen molar-refractivity contribution in [3.05, 3.63) is 23.8 Å². The summed E-state index contributed by atoms with van der Waals surface area (Å²) in [5.74, 6) is -0.242. The number of rotatable bonds is 1. The van der Waals surface area contributed by atoms with Gasteiger partial charge in [-0.05, 0) is 38.5 Å². The van der Waals surface area contributed by atoms with Crippen LogP contribution in [0.25, 0.3) is 0 Å². The van der Waals surface area contributed by atoms with Gasteiger partial charge in [0.1, 0.15) is 0 Å². The van der Waals surface area contributed by atoms with Crippen molar-refractivity contribution in [2.24, 2.45) is 0 Å². The van der Waals surface area contributed by atoms with E-state index < -0.39 is 11.7 Å². The van der Waals surface area contributed by atoms with Crippen LogP contribution in [0.2, 0.25) is 0 Å². The van der Waals surface area contributed by atoms with Gasteiger partial charge in [-0.1, -0.05) is 0 Å². The maximum Gasteiger partial charge on any atom is 0.416 e. The molecule has 0 aliphatic carbocycles. The molecule has 1 aromatic rings. The molecule has 0 saturated heterocycles.